The van der Waals surface area contributed by atoms with Crippen LogP contribution in [-0.2, 0) is 0 Å². The van der Waals surface area contributed by atoms with Crippen LogP contribution in [0.5, 0.6) is 5.75 Å². The molecule has 0 saturated heterocycles. The molecule has 1 aromatic rings. The van der Waals surface area contributed by atoms with Gasteiger partial charge in [-0.2, -0.15) is 5.26 Å². The van der Waals surface area contributed by atoms with Gasteiger partial charge in [-0.25, -0.2) is 0 Å². The summed E-state index contributed by atoms with van der Waals surface area (Å²) in [6.45, 7) is 6.61. The summed E-state index contributed by atoms with van der Waals surface area (Å²) in [5.41, 5.74) is 1.29. The van der Waals surface area contributed by atoms with Gasteiger partial charge in [0, 0.05) is 0 Å². The molecular formula is C17H23NO. The van der Waals surface area contributed by atoms with E-state index in [0.29, 0.717) is 11.8 Å². The minimum Gasteiger partial charge on any atom is -0.489 e. The summed E-state index contributed by atoms with van der Waals surface area (Å²) in [6, 6.07) is 10.7. The average molecular weight is 257 g/mol. The summed E-state index contributed by atoms with van der Waals surface area (Å²) < 4.78 is 6.10. The maximum Gasteiger partial charge on any atom is 0.120 e. The van der Waals surface area contributed by atoms with E-state index in [1.165, 1.54) is 5.56 Å². The molecule has 102 valence electrons. The highest BCUT2D eigenvalue weighted by molar-refractivity contribution is 5.30. The van der Waals surface area contributed by atoms with Crippen LogP contribution < -0.4 is 4.74 Å². The molecule has 2 heteroatoms. The lowest BCUT2D eigenvalue weighted by molar-refractivity contribution is 0.0955. The summed E-state index contributed by atoms with van der Waals surface area (Å²) in [5, 5.41) is 9.24. The van der Waals surface area contributed by atoms with Crippen molar-refractivity contribution >= 4 is 0 Å². The van der Waals surface area contributed by atoms with Gasteiger partial charge in [0.05, 0.1) is 12.0 Å². The van der Waals surface area contributed by atoms with Gasteiger partial charge in [0.25, 0.3) is 0 Å². The molecule has 0 spiro atoms. The van der Waals surface area contributed by atoms with E-state index in [1.807, 2.05) is 12.1 Å². The molecule has 2 nitrogen and oxygen atoms in total. The van der Waals surface area contributed by atoms with Crippen molar-refractivity contribution in [2.45, 2.75) is 52.1 Å². The first-order valence-electron chi connectivity index (χ1n) is 7.26. The monoisotopic (exact) mass is 257 g/mol. The molecule has 1 aromatic carbocycles. The maximum absolute atomic E-state index is 9.24. The van der Waals surface area contributed by atoms with Crippen LogP contribution in [-0.4, -0.2) is 6.10 Å². The van der Waals surface area contributed by atoms with E-state index in [0.717, 1.165) is 25.0 Å². The third kappa shape index (κ3) is 3.50. The van der Waals surface area contributed by atoms with Gasteiger partial charge in [-0.05, 0) is 48.8 Å². The highest BCUT2D eigenvalue weighted by Crippen LogP contribution is 2.32. The van der Waals surface area contributed by atoms with Gasteiger partial charge in [-0.15, -0.1) is 0 Å². The summed E-state index contributed by atoms with van der Waals surface area (Å²) in [6.07, 6.45) is 3.15. The Hall–Kier alpha value is -1.49. The Bertz CT molecular complexity index is 461. The molecule has 0 radical (unpaired) electrons. The Balaban J connectivity index is 2.10. The Morgan fingerprint density at radius 3 is 2.79 bits per heavy atom. The van der Waals surface area contributed by atoms with Crippen LogP contribution in [0.3, 0.4) is 0 Å². The first-order valence-corrected chi connectivity index (χ1v) is 7.26. The van der Waals surface area contributed by atoms with Crippen molar-refractivity contribution in [2.24, 2.45) is 11.8 Å². The minimum atomic E-state index is 0.0407. The number of benzene rings is 1. The third-order valence-corrected chi connectivity index (χ3v) is 4.03. The summed E-state index contributed by atoms with van der Waals surface area (Å²) in [5.74, 6) is 2.10. The molecule has 3 atom stereocenters. The first-order chi connectivity index (χ1) is 9.10. The van der Waals surface area contributed by atoms with E-state index in [-0.39, 0.29) is 12.0 Å². The SMILES string of the molecule is CC1CCC(C#N)C(Oc2cccc(C(C)C)c2)C1. The highest BCUT2D eigenvalue weighted by atomic mass is 16.5. The predicted octanol–water partition coefficient (Wildman–Crippen LogP) is 4.52. The second-order valence-corrected chi connectivity index (χ2v) is 6.04. The zero-order chi connectivity index (χ0) is 13.8. The van der Waals surface area contributed by atoms with E-state index in [1.54, 1.807) is 0 Å². The van der Waals surface area contributed by atoms with Crippen molar-refractivity contribution in [3.8, 4) is 11.8 Å². The van der Waals surface area contributed by atoms with Gasteiger partial charge in [-0.3, -0.25) is 0 Å². The minimum absolute atomic E-state index is 0.0407. The smallest absolute Gasteiger partial charge is 0.120 e. The van der Waals surface area contributed by atoms with Crippen molar-refractivity contribution in [3.63, 3.8) is 0 Å². The molecule has 1 aliphatic carbocycles. The van der Waals surface area contributed by atoms with Gasteiger partial charge in [0.15, 0.2) is 0 Å². The third-order valence-electron chi connectivity index (χ3n) is 4.03. The largest absolute Gasteiger partial charge is 0.489 e. The highest BCUT2D eigenvalue weighted by Gasteiger charge is 2.30. The topological polar surface area (TPSA) is 33.0 Å². The number of nitrogens with zero attached hydrogens (tertiary/aromatic N) is 1. The molecule has 1 aliphatic rings. The lowest BCUT2D eigenvalue weighted by atomic mass is 9.81. The quantitative estimate of drug-likeness (QED) is 0.797. The van der Waals surface area contributed by atoms with Gasteiger partial charge in [0.2, 0.25) is 0 Å². The van der Waals surface area contributed by atoms with Gasteiger partial charge >= 0.3 is 0 Å². The van der Waals surface area contributed by atoms with Crippen LogP contribution in [0.25, 0.3) is 0 Å². The van der Waals surface area contributed by atoms with Crippen LogP contribution in [0.15, 0.2) is 24.3 Å². The number of hydrogen-bond acceptors (Lipinski definition) is 2. The lowest BCUT2D eigenvalue weighted by Gasteiger charge is -2.31. The van der Waals surface area contributed by atoms with E-state index in [9.17, 15) is 5.26 Å². The molecule has 0 heterocycles. The standard InChI is InChI=1S/C17H23NO/c1-12(2)14-5-4-6-16(10-14)19-17-9-13(3)7-8-15(17)11-18/h4-6,10,12-13,15,17H,7-9H2,1-3H3. The molecule has 1 saturated carbocycles. The molecular weight excluding hydrogens is 234 g/mol. The van der Waals surface area contributed by atoms with E-state index < -0.39 is 0 Å². The van der Waals surface area contributed by atoms with Crippen molar-refractivity contribution < 1.29 is 4.74 Å². The molecule has 19 heavy (non-hydrogen) atoms. The van der Waals surface area contributed by atoms with E-state index in [2.05, 4.69) is 39.0 Å². The molecule has 0 aromatic heterocycles. The molecule has 1 fully saturated rings. The van der Waals surface area contributed by atoms with Crippen molar-refractivity contribution in [2.75, 3.05) is 0 Å². The molecule has 0 N–H and O–H groups in total. The number of hydrogen-bond donors (Lipinski definition) is 0. The van der Waals surface area contributed by atoms with Gasteiger partial charge < -0.3 is 4.74 Å². The van der Waals surface area contributed by atoms with Crippen LogP contribution in [0.1, 0.15) is 51.5 Å². The molecule has 2 rings (SSSR count). The zero-order valence-electron chi connectivity index (χ0n) is 12.1. The Morgan fingerprint density at radius 2 is 2.11 bits per heavy atom. The molecule has 0 aliphatic heterocycles. The fourth-order valence-electron chi connectivity index (χ4n) is 2.73. The van der Waals surface area contributed by atoms with E-state index >= 15 is 0 Å². The van der Waals surface area contributed by atoms with Crippen LogP contribution >= 0.6 is 0 Å². The number of nitriles is 1. The van der Waals surface area contributed by atoms with Crippen LogP contribution in [0, 0.1) is 23.2 Å². The average Bonchev–Trinajstić information content (AvgIpc) is 2.39. The second kappa shape index (κ2) is 6.10. The fourth-order valence-corrected chi connectivity index (χ4v) is 2.73. The molecule has 0 bridgehead atoms. The van der Waals surface area contributed by atoms with Crippen LogP contribution in [0.4, 0.5) is 0 Å². The van der Waals surface area contributed by atoms with Crippen molar-refractivity contribution in [3.05, 3.63) is 29.8 Å². The number of ether oxygens (including phenoxy) is 1. The molecule has 3 unspecified atom stereocenters. The summed E-state index contributed by atoms with van der Waals surface area (Å²) in [4.78, 5) is 0. The normalized spacial score (nSPS) is 27.0. The maximum atomic E-state index is 9.24. The van der Waals surface area contributed by atoms with Gasteiger partial charge in [0.1, 0.15) is 11.9 Å². The number of rotatable bonds is 3. The predicted molar refractivity (Wildman–Crippen MR) is 77.1 cm³/mol. The molecule has 0 amide bonds. The second-order valence-electron chi connectivity index (χ2n) is 6.04. The Morgan fingerprint density at radius 1 is 1.32 bits per heavy atom. The Labute approximate surface area is 116 Å². The lowest BCUT2D eigenvalue weighted by Crippen LogP contribution is -2.32. The Kier molecular flexibility index (Phi) is 4.47. The van der Waals surface area contributed by atoms with Gasteiger partial charge in [-0.1, -0.05) is 32.9 Å². The summed E-state index contributed by atoms with van der Waals surface area (Å²) in [7, 11) is 0. The van der Waals surface area contributed by atoms with E-state index in [4.69, 9.17) is 4.74 Å². The van der Waals surface area contributed by atoms with Crippen LogP contribution in [0.2, 0.25) is 0 Å². The zero-order valence-corrected chi connectivity index (χ0v) is 12.1. The van der Waals surface area contributed by atoms with Crippen molar-refractivity contribution in [1.29, 1.82) is 5.26 Å². The first kappa shape index (κ1) is 13.9. The fraction of sp³-hybridized carbons (Fsp3) is 0.588. The summed E-state index contributed by atoms with van der Waals surface area (Å²) >= 11 is 0. The van der Waals surface area contributed by atoms with Crippen molar-refractivity contribution in [1.82, 2.24) is 0 Å².